The second-order valence-corrected chi connectivity index (χ2v) is 4.70. The summed E-state index contributed by atoms with van der Waals surface area (Å²) in [6, 6.07) is 4.98. The number of imidazole rings is 1. The topological polar surface area (TPSA) is 96.8 Å². The van der Waals surface area contributed by atoms with Crippen LogP contribution in [0.1, 0.15) is 13.8 Å². The number of hydrogen-bond donors (Lipinski definition) is 3. The molecule has 1 aromatic carbocycles. The monoisotopic (exact) mass is 326 g/mol. The maximum Gasteiger partial charge on any atom is 0.525 e. The normalized spacial score (nSPS) is 10.5. The van der Waals surface area contributed by atoms with Gasteiger partial charge in [-0.05, 0) is 35.8 Å². The summed E-state index contributed by atoms with van der Waals surface area (Å²) < 4.78 is 0.450. The van der Waals surface area contributed by atoms with Crippen LogP contribution in [-0.4, -0.2) is 28.4 Å². The highest BCUT2D eigenvalue weighted by molar-refractivity contribution is 5.62. The Bertz CT molecular complexity index is 854. The number of phenolic OH excluding ortho intramolecular Hbond substituents is 1. The smallest absolute Gasteiger partial charge is 0.505 e. The molecule has 0 spiro atoms. The van der Waals surface area contributed by atoms with Crippen molar-refractivity contribution in [2.75, 3.05) is 18.0 Å². The average Bonchev–Trinajstić information content (AvgIpc) is 2.90. The van der Waals surface area contributed by atoms with Gasteiger partial charge in [0.2, 0.25) is 0 Å². The van der Waals surface area contributed by atoms with Crippen molar-refractivity contribution >= 4 is 29.0 Å². The summed E-state index contributed by atoms with van der Waals surface area (Å²) in [4.78, 5) is 10.7. The van der Waals surface area contributed by atoms with Crippen LogP contribution in [0.2, 0.25) is 0 Å². The van der Waals surface area contributed by atoms with E-state index in [-0.39, 0.29) is 29.0 Å². The summed E-state index contributed by atoms with van der Waals surface area (Å²) in [6.07, 6.45) is 0. The third kappa shape index (κ3) is 3.10. The molecule has 0 saturated heterocycles. The lowest BCUT2D eigenvalue weighted by atomic mass is 10.2. The molecule has 2 aromatic rings. The van der Waals surface area contributed by atoms with Gasteiger partial charge in [-0.15, -0.1) is 0 Å². The van der Waals surface area contributed by atoms with Crippen LogP contribution in [-0.2, 0) is 0 Å². The van der Waals surface area contributed by atoms with E-state index in [1.54, 1.807) is 18.2 Å². The molecule has 0 fully saturated rings. The largest absolute Gasteiger partial charge is 0.525 e. The molecule has 1 heterocycles. The third-order valence-electron chi connectivity index (χ3n) is 3.40. The number of aromatic nitrogens is 2. The second kappa shape index (κ2) is 7.11. The Hall–Kier alpha value is -3.59. The summed E-state index contributed by atoms with van der Waals surface area (Å²) in [5.41, 5.74) is 1.06. The molecule has 0 aliphatic carbocycles. The van der Waals surface area contributed by atoms with Gasteiger partial charge in [0, 0.05) is 24.8 Å². The minimum atomic E-state index is -0.278. The molecule has 122 valence electrons. The molecular formula is C15H16N7O2+. The van der Waals surface area contributed by atoms with Crippen LogP contribution in [0.5, 0.6) is 5.75 Å². The number of aromatic hydroxyl groups is 1. The van der Waals surface area contributed by atoms with Crippen molar-refractivity contribution in [1.29, 1.82) is 0 Å². The molecular weight excluding hydrogens is 310 g/mol. The lowest BCUT2D eigenvalue weighted by Gasteiger charge is -2.20. The van der Waals surface area contributed by atoms with E-state index in [0.717, 1.165) is 18.8 Å². The van der Waals surface area contributed by atoms with Crippen molar-refractivity contribution in [3.63, 3.8) is 0 Å². The number of aromatic amines is 1. The van der Waals surface area contributed by atoms with E-state index in [4.69, 9.17) is 13.1 Å². The zero-order valence-corrected chi connectivity index (χ0v) is 13.2. The van der Waals surface area contributed by atoms with Crippen LogP contribution in [0.3, 0.4) is 0 Å². The summed E-state index contributed by atoms with van der Waals surface area (Å²) in [5, 5.41) is 27.4. The first-order valence-electron chi connectivity index (χ1n) is 7.17. The van der Waals surface area contributed by atoms with Gasteiger partial charge in [-0.1, -0.05) is 13.1 Å². The quantitative estimate of drug-likeness (QED) is 0.339. The fourth-order valence-electron chi connectivity index (χ4n) is 2.14. The van der Waals surface area contributed by atoms with Crippen molar-refractivity contribution in [3.05, 3.63) is 41.0 Å². The lowest BCUT2D eigenvalue weighted by Crippen LogP contribution is -2.27. The lowest BCUT2D eigenvalue weighted by molar-refractivity contribution is -0.881. The first-order chi connectivity index (χ1) is 11.5. The summed E-state index contributed by atoms with van der Waals surface area (Å²) in [7, 11) is 0. The molecule has 1 aromatic heterocycles. The molecule has 0 aliphatic rings. The van der Waals surface area contributed by atoms with E-state index >= 15 is 0 Å². The Balaban J connectivity index is 2.32. The number of nitrogens with zero attached hydrogens (tertiary/aromatic N) is 6. The summed E-state index contributed by atoms with van der Waals surface area (Å²) in [6.45, 7) is 19.5. The number of azo groups is 1. The van der Waals surface area contributed by atoms with Crippen molar-refractivity contribution in [1.82, 2.24) is 4.98 Å². The molecule has 24 heavy (non-hydrogen) atoms. The summed E-state index contributed by atoms with van der Waals surface area (Å²) >= 11 is 0. The Morgan fingerprint density at radius 3 is 2.42 bits per heavy atom. The number of anilines is 1. The molecule has 0 amide bonds. The molecule has 9 heteroatoms. The number of nitrogens with one attached hydrogen (secondary N) is 1. The van der Waals surface area contributed by atoms with Gasteiger partial charge in [-0.2, -0.15) is 0 Å². The van der Waals surface area contributed by atoms with E-state index in [9.17, 15) is 10.3 Å². The van der Waals surface area contributed by atoms with Crippen LogP contribution in [0.4, 0.5) is 29.0 Å². The fraction of sp³-hybridized carbons (Fsp3) is 0.267. The Kier molecular flexibility index (Phi) is 4.97. The highest BCUT2D eigenvalue weighted by Gasteiger charge is 2.23. The summed E-state index contributed by atoms with van der Waals surface area (Å²) in [5.74, 6) is -0.656. The Morgan fingerprint density at radius 1 is 1.21 bits per heavy atom. The predicted molar refractivity (Wildman–Crippen MR) is 86.5 cm³/mol. The van der Waals surface area contributed by atoms with E-state index in [1.807, 2.05) is 13.8 Å². The van der Waals surface area contributed by atoms with Crippen LogP contribution in [0.15, 0.2) is 28.4 Å². The van der Waals surface area contributed by atoms with Crippen LogP contribution >= 0.6 is 0 Å². The van der Waals surface area contributed by atoms with Gasteiger partial charge in [0.05, 0.1) is 0 Å². The fourth-order valence-corrected chi connectivity index (χ4v) is 2.14. The van der Waals surface area contributed by atoms with Crippen molar-refractivity contribution in [2.24, 2.45) is 10.2 Å². The molecule has 2 rings (SSSR count). The number of benzene rings is 1. The highest BCUT2D eigenvalue weighted by atomic mass is 16.5. The number of hydrogen-bond acceptors (Lipinski definition) is 5. The van der Waals surface area contributed by atoms with Gasteiger partial charge in [0.1, 0.15) is 10.9 Å². The first kappa shape index (κ1) is 16.8. The second-order valence-electron chi connectivity index (χ2n) is 4.70. The van der Waals surface area contributed by atoms with Crippen LogP contribution in [0.25, 0.3) is 9.69 Å². The Morgan fingerprint density at radius 2 is 1.92 bits per heavy atom. The average molecular weight is 326 g/mol. The van der Waals surface area contributed by atoms with Crippen molar-refractivity contribution < 1.29 is 15.0 Å². The number of H-pyrrole nitrogens is 1. The minimum absolute atomic E-state index is 0.0602. The zero-order valence-electron chi connectivity index (χ0n) is 13.2. The van der Waals surface area contributed by atoms with Gasteiger partial charge in [0.25, 0.3) is 11.6 Å². The van der Waals surface area contributed by atoms with Gasteiger partial charge < -0.3 is 24.9 Å². The molecule has 0 saturated carbocycles. The van der Waals surface area contributed by atoms with Crippen molar-refractivity contribution in [2.45, 2.75) is 13.8 Å². The first-order valence-corrected chi connectivity index (χ1v) is 7.17. The van der Waals surface area contributed by atoms with E-state index in [0.29, 0.717) is 4.73 Å². The van der Waals surface area contributed by atoms with Gasteiger partial charge >= 0.3 is 5.95 Å². The zero-order chi connectivity index (χ0) is 17.7. The number of rotatable bonds is 5. The molecule has 3 N–H and O–H groups in total. The van der Waals surface area contributed by atoms with E-state index in [2.05, 4.69) is 29.8 Å². The molecule has 9 nitrogen and oxygen atoms in total. The Labute approximate surface area is 138 Å². The SMILES string of the molecule is [C-]#[N+]c1[nH]c(N=Nc2ccc(N(CC)CC)cc2O)[n+](O)c1[N+]#[C-]. The molecule has 0 unspecified atom stereocenters. The highest BCUT2D eigenvalue weighted by Crippen LogP contribution is 2.32. The van der Waals surface area contributed by atoms with Gasteiger partial charge in [-0.25, -0.2) is 4.98 Å². The van der Waals surface area contributed by atoms with Gasteiger partial charge in [-0.3, -0.25) is 0 Å². The van der Waals surface area contributed by atoms with E-state index < -0.39 is 0 Å². The molecule has 0 aliphatic heterocycles. The number of phenols is 1. The molecule has 0 radical (unpaired) electrons. The third-order valence-corrected chi connectivity index (χ3v) is 3.40. The molecule has 0 bridgehead atoms. The maximum absolute atomic E-state index is 10.1. The van der Waals surface area contributed by atoms with Crippen LogP contribution < -0.4 is 9.63 Å². The molecule has 0 atom stereocenters. The van der Waals surface area contributed by atoms with E-state index in [1.165, 1.54) is 0 Å². The standard InChI is InChI=1S/C15H15N7O2/c1-5-21(6-2)10-7-8-11(12(23)9-10)19-20-15-18-13(16-3)14(17-4)22(15)24/h7-9,24H,5-6H2,1-2H3,(H,18,20,23)/p+1. The maximum atomic E-state index is 10.1. The van der Waals surface area contributed by atoms with Crippen molar-refractivity contribution in [3.8, 4) is 5.75 Å². The van der Waals surface area contributed by atoms with Crippen LogP contribution in [0, 0.1) is 13.1 Å². The minimum Gasteiger partial charge on any atom is -0.505 e. The predicted octanol–water partition coefficient (Wildman–Crippen LogP) is 3.61. The van der Waals surface area contributed by atoms with Gasteiger partial charge in [0.15, 0.2) is 5.69 Å².